The van der Waals surface area contributed by atoms with Crippen molar-refractivity contribution in [2.75, 3.05) is 0 Å². The highest BCUT2D eigenvalue weighted by molar-refractivity contribution is 7.33. The van der Waals surface area contributed by atoms with Gasteiger partial charge >= 0.3 is 11.9 Å². The molecule has 0 aliphatic heterocycles. The maximum Gasteiger partial charge on any atom is 0.349 e. The highest BCUT2D eigenvalue weighted by atomic mass is 32.1. The molecule has 5 nitrogen and oxygen atoms in total. The van der Waals surface area contributed by atoms with E-state index < -0.39 is 11.9 Å². The summed E-state index contributed by atoms with van der Waals surface area (Å²) in [6.45, 7) is 0. The van der Waals surface area contributed by atoms with E-state index in [-0.39, 0.29) is 16.2 Å². The summed E-state index contributed by atoms with van der Waals surface area (Å²) in [5, 5.41) is 28.5. The summed E-state index contributed by atoms with van der Waals surface area (Å²) in [5.74, 6) is -2.43. The Morgan fingerprint density at radius 2 is 1.74 bits per heavy atom. The number of carbonyl (C=O) groups is 2. The van der Waals surface area contributed by atoms with Gasteiger partial charge in [-0.3, -0.25) is 0 Å². The Kier molecular flexibility index (Phi) is 2.48. The van der Waals surface area contributed by atoms with E-state index in [4.69, 9.17) is 10.2 Å². The average molecular weight is 294 g/mol. The molecule has 0 spiro atoms. The predicted molar refractivity (Wildman–Crippen MR) is 72.8 cm³/mol. The first-order valence-corrected chi connectivity index (χ1v) is 6.77. The van der Waals surface area contributed by atoms with Crippen LogP contribution in [0.3, 0.4) is 0 Å². The molecule has 0 saturated carbocycles. The van der Waals surface area contributed by atoms with Gasteiger partial charge in [0.15, 0.2) is 10.6 Å². The van der Waals surface area contributed by atoms with Gasteiger partial charge in [0.1, 0.15) is 0 Å². The Balaban J connectivity index is 2.35. The van der Waals surface area contributed by atoms with Crippen LogP contribution in [0.5, 0.6) is 5.75 Å². The van der Waals surface area contributed by atoms with E-state index in [1.54, 1.807) is 6.07 Å². The molecule has 3 rings (SSSR count). The van der Waals surface area contributed by atoms with Gasteiger partial charge in [-0.25, -0.2) is 9.59 Å². The Bertz CT molecular complexity index is 843. The molecule has 2 heterocycles. The Morgan fingerprint density at radius 1 is 1.00 bits per heavy atom. The number of aromatic carboxylic acids is 2. The minimum atomic E-state index is -1.17. The number of carboxylic acid groups (broad SMARTS) is 2. The average Bonchev–Trinajstić information content (AvgIpc) is 2.86. The van der Waals surface area contributed by atoms with Gasteiger partial charge in [0.25, 0.3) is 0 Å². The van der Waals surface area contributed by atoms with Crippen molar-refractivity contribution in [1.82, 2.24) is 0 Å². The SMILES string of the molecule is O=C(O)c1ccc2c(c1)sc1c(O)c(C(=O)O)sc12. The van der Waals surface area contributed by atoms with E-state index in [2.05, 4.69) is 0 Å². The number of thiophene rings is 2. The largest absolute Gasteiger partial charge is 0.505 e. The second kappa shape index (κ2) is 3.94. The lowest BCUT2D eigenvalue weighted by atomic mass is 10.2. The summed E-state index contributed by atoms with van der Waals surface area (Å²) < 4.78 is 1.88. The van der Waals surface area contributed by atoms with Crippen molar-refractivity contribution in [1.29, 1.82) is 0 Å². The third-order valence-electron chi connectivity index (χ3n) is 2.72. The van der Waals surface area contributed by atoms with E-state index in [0.717, 1.165) is 16.7 Å². The van der Waals surface area contributed by atoms with Gasteiger partial charge in [-0.1, -0.05) is 6.07 Å². The van der Waals surface area contributed by atoms with Crippen LogP contribution in [0.15, 0.2) is 18.2 Å². The summed E-state index contributed by atoms with van der Waals surface area (Å²) in [6, 6.07) is 4.63. The van der Waals surface area contributed by atoms with Gasteiger partial charge in [-0.05, 0) is 12.1 Å². The van der Waals surface area contributed by atoms with Crippen molar-refractivity contribution >= 4 is 54.1 Å². The van der Waals surface area contributed by atoms with Gasteiger partial charge < -0.3 is 15.3 Å². The lowest BCUT2D eigenvalue weighted by molar-refractivity contribution is 0.0687. The molecular formula is C12H6O5S2. The lowest BCUT2D eigenvalue weighted by Gasteiger charge is -1.94. The third kappa shape index (κ3) is 1.66. The first-order chi connectivity index (χ1) is 8.99. The van der Waals surface area contributed by atoms with Crippen molar-refractivity contribution in [3.63, 3.8) is 0 Å². The zero-order valence-corrected chi connectivity index (χ0v) is 10.8. The molecule has 0 saturated heterocycles. The van der Waals surface area contributed by atoms with Crippen LogP contribution in [-0.2, 0) is 0 Å². The van der Waals surface area contributed by atoms with Crippen LogP contribution < -0.4 is 0 Å². The van der Waals surface area contributed by atoms with Crippen LogP contribution in [0.25, 0.3) is 19.5 Å². The van der Waals surface area contributed by atoms with Crippen LogP contribution in [0.1, 0.15) is 20.0 Å². The minimum absolute atomic E-state index is 0.0922. The second-order valence-corrected chi connectivity index (χ2v) is 5.93. The topological polar surface area (TPSA) is 94.8 Å². The van der Waals surface area contributed by atoms with Gasteiger partial charge in [0.05, 0.1) is 15.0 Å². The maximum atomic E-state index is 10.9. The minimum Gasteiger partial charge on any atom is -0.505 e. The van der Waals surface area contributed by atoms with Crippen molar-refractivity contribution in [2.45, 2.75) is 0 Å². The van der Waals surface area contributed by atoms with Gasteiger partial charge in [-0.15, -0.1) is 22.7 Å². The molecule has 0 fully saturated rings. The molecule has 96 valence electrons. The van der Waals surface area contributed by atoms with Crippen molar-refractivity contribution in [2.24, 2.45) is 0 Å². The summed E-state index contributed by atoms with van der Waals surface area (Å²) >= 11 is 2.19. The van der Waals surface area contributed by atoms with Crippen molar-refractivity contribution < 1.29 is 24.9 Å². The molecular weight excluding hydrogens is 288 g/mol. The molecule has 0 amide bonds. The lowest BCUT2D eigenvalue weighted by Crippen LogP contribution is -1.94. The van der Waals surface area contributed by atoms with Crippen LogP contribution in [-0.4, -0.2) is 27.3 Å². The standard InChI is InChI=1S/C12H6O5S2/c13-7-9-8(19-10(7)12(16)17)5-2-1-4(11(14)15)3-6(5)18-9/h1-3,13H,(H,14,15)(H,16,17). The number of carboxylic acids is 2. The number of aromatic hydroxyl groups is 1. The zero-order valence-electron chi connectivity index (χ0n) is 9.21. The molecule has 0 aliphatic rings. The molecule has 3 aromatic rings. The van der Waals surface area contributed by atoms with Gasteiger partial charge in [0, 0.05) is 10.1 Å². The monoisotopic (exact) mass is 294 g/mol. The fraction of sp³-hybridized carbons (Fsp3) is 0. The van der Waals surface area contributed by atoms with E-state index in [1.807, 2.05) is 0 Å². The molecule has 0 atom stereocenters. The predicted octanol–water partition coefficient (Wildman–Crippen LogP) is 3.22. The normalized spacial score (nSPS) is 11.2. The summed E-state index contributed by atoms with van der Waals surface area (Å²) in [6.07, 6.45) is 0. The molecule has 2 aromatic heterocycles. The number of hydrogen-bond donors (Lipinski definition) is 3. The molecule has 0 radical (unpaired) electrons. The summed E-state index contributed by atoms with van der Waals surface area (Å²) in [5.41, 5.74) is 0.166. The number of benzene rings is 1. The number of fused-ring (bicyclic) bond motifs is 3. The zero-order chi connectivity index (χ0) is 13.7. The molecule has 0 unspecified atom stereocenters. The third-order valence-corrected chi connectivity index (χ3v) is 5.21. The highest BCUT2D eigenvalue weighted by Gasteiger charge is 2.21. The van der Waals surface area contributed by atoms with Crippen LogP contribution in [0.4, 0.5) is 0 Å². The molecule has 7 heteroatoms. The first-order valence-electron chi connectivity index (χ1n) is 5.13. The Hall–Kier alpha value is -2.12. The van der Waals surface area contributed by atoms with Crippen molar-refractivity contribution in [3.8, 4) is 5.75 Å². The fourth-order valence-corrected chi connectivity index (χ4v) is 4.30. The molecule has 0 bridgehead atoms. The quantitative estimate of drug-likeness (QED) is 0.674. The summed E-state index contributed by atoms with van der Waals surface area (Å²) in [7, 11) is 0. The Morgan fingerprint density at radius 3 is 2.37 bits per heavy atom. The Labute approximate surface area is 114 Å². The summed E-state index contributed by atoms with van der Waals surface area (Å²) in [4.78, 5) is 21.7. The van der Waals surface area contributed by atoms with Gasteiger partial charge in [0.2, 0.25) is 0 Å². The highest BCUT2D eigenvalue weighted by Crippen LogP contribution is 2.46. The van der Waals surface area contributed by atoms with E-state index in [0.29, 0.717) is 14.1 Å². The second-order valence-electron chi connectivity index (χ2n) is 3.86. The molecule has 0 aliphatic carbocycles. The van der Waals surface area contributed by atoms with E-state index in [9.17, 15) is 14.7 Å². The first kappa shape index (κ1) is 11.9. The van der Waals surface area contributed by atoms with E-state index >= 15 is 0 Å². The molecule has 1 aromatic carbocycles. The molecule has 3 N–H and O–H groups in total. The fourth-order valence-electron chi connectivity index (χ4n) is 1.86. The maximum absolute atomic E-state index is 10.9. The van der Waals surface area contributed by atoms with Gasteiger partial charge in [-0.2, -0.15) is 0 Å². The van der Waals surface area contributed by atoms with Crippen molar-refractivity contribution in [3.05, 3.63) is 28.6 Å². The number of rotatable bonds is 2. The van der Waals surface area contributed by atoms with Crippen LogP contribution in [0.2, 0.25) is 0 Å². The van der Waals surface area contributed by atoms with E-state index in [1.165, 1.54) is 23.5 Å². The van der Waals surface area contributed by atoms with Crippen LogP contribution in [0, 0.1) is 0 Å². The number of hydrogen-bond acceptors (Lipinski definition) is 5. The van der Waals surface area contributed by atoms with Crippen LogP contribution >= 0.6 is 22.7 Å². The smallest absolute Gasteiger partial charge is 0.349 e. The molecule has 19 heavy (non-hydrogen) atoms.